The third-order valence-electron chi connectivity index (χ3n) is 4.87. The van der Waals surface area contributed by atoms with Crippen LogP contribution in [-0.4, -0.2) is 23.9 Å². The number of piperidine rings is 1. The number of amides is 1. The van der Waals surface area contributed by atoms with E-state index in [0.717, 1.165) is 50.0 Å². The van der Waals surface area contributed by atoms with E-state index in [9.17, 15) is 18.0 Å². The van der Waals surface area contributed by atoms with E-state index >= 15 is 0 Å². The minimum Gasteiger partial charge on any atom is -0.342 e. The van der Waals surface area contributed by atoms with Crippen LogP contribution in [0.25, 0.3) is 0 Å². The average Bonchev–Trinajstić information content (AvgIpc) is 3.27. The molecular formula is C17H20F3NO. The van der Waals surface area contributed by atoms with Gasteiger partial charge in [-0.1, -0.05) is 19.1 Å². The van der Waals surface area contributed by atoms with Crippen LogP contribution in [0.1, 0.15) is 43.2 Å². The molecule has 1 saturated heterocycles. The highest BCUT2D eigenvalue weighted by molar-refractivity contribution is 5.83. The Morgan fingerprint density at radius 3 is 2.27 bits per heavy atom. The number of carbonyl (C=O) groups excluding carboxylic acids is 1. The molecule has 0 bridgehead atoms. The predicted octanol–water partition coefficient (Wildman–Crippen LogP) is 4.07. The molecule has 1 aliphatic heterocycles. The Balaban J connectivity index is 1.61. The van der Waals surface area contributed by atoms with Gasteiger partial charge in [-0.3, -0.25) is 4.79 Å². The number of rotatable bonds is 2. The van der Waals surface area contributed by atoms with Crippen molar-refractivity contribution in [3.63, 3.8) is 0 Å². The molecule has 2 atom stereocenters. The van der Waals surface area contributed by atoms with Gasteiger partial charge in [0.1, 0.15) is 0 Å². The Labute approximate surface area is 128 Å². The lowest BCUT2D eigenvalue weighted by atomic mass is 9.98. The molecule has 2 unspecified atom stereocenters. The molecular weight excluding hydrogens is 291 g/mol. The summed E-state index contributed by atoms with van der Waals surface area (Å²) >= 11 is 0. The number of halogens is 3. The largest absolute Gasteiger partial charge is 0.416 e. The fraction of sp³-hybridized carbons (Fsp3) is 0.588. The minimum absolute atomic E-state index is 0.0369. The second-order valence-electron chi connectivity index (χ2n) is 6.58. The Kier molecular flexibility index (Phi) is 3.91. The molecule has 1 aromatic carbocycles. The van der Waals surface area contributed by atoms with Gasteiger partial charge in [-0.15, -0.1) is 0 Å². The van der Waals surface area contributed by atoms with E-state index in [1.165, 1.54) is 12.1 Å². The Morgan fingerprint density at radius 1 is 1.14 bits per heavy atom. The maximum Gasteiger partial charge on any atom is 0.416 e. The molecule has 2 aliphatic rings. The fourth-order valence-corrected chi connectivity index (χ4v) is 3.22. The van der Waals surface area contributed by atoms with Crippen molar-refractivity contribution >= 4 is 5.91 Å². The van der Waals surface area contributed by atoms with E-state index < -0.39 is 11.7 Å². The molecule has 1 heterocycles. The van der Waals surface area contributed by atoms with Crippen LogP contribution < -0.4 is 0 Å². The van der Waals surface area contributed by atoms with Gasteiger partial charge in [0, 0.05) is 19.0 Å². The van der Waals surface area contributed by atoms with Gasteiger partial charge in [-0.05, 0) is 48.8 Å². The topological polar surface area (TPSA) is 20.3 Å². The first-order valence-corrected chi connectivity index (χ1v) is 7.82. The first-order valence-electron chi connectivity index (χ1n) is 7.82. The summed E-state index contributed by atoms with van der Waals surface area (Å²) in [6.45, 7) is 3.83. The molecule has 1 aromatic rings. The molecule has 0 radical (unpaired) electrons. The number of hydrogen-bond donors (Lipinski definition) is 0. The third-order valence-corrected chi connectivity index (χ3v) is 4.87. The highest BCUT2D eigenvalue weighted by atomic mass is 19.4. The van der Waals surface area contributed by atoms with Gasteiger partial charge < -0.3 is 4.90 Å². The summed E-state index contributed by atoms with van der Waals surface area (Å²) in [6.07, 6.45) is -1.45. The predicted molar refractivity (Wildman–Crippen MR) is 77.3 cm³/mol. The summed E-state index contributed by atoms with van der Waals surface area (Å²) in [5.41, 5.74) is 0.210. The van der Waals surface area contributed by atoms with E-state index in [0.29, 0.717) is 5.92 Å². The first-order chi connectivity index (χ1) is 10.4. The molecule has 1 aliphatic carbocycles. The highest BCUT2D eigenvalue weighted by Gasteiger charge is 2.46. The Morgan fingerprint density at radius 2 is 1.73 bits per heavy atom. The number of alkyl halides is 3. The van der Waals surface area contributed by atoms with Crippen LogP contribution in [-0.2, 0) is 11.0 Å². The zero-order chi connectivity index (χ0) is 15.9. The minimum atomic E-state index is -4.30. The molecule has 0 N–H and O–H groups in total. The molecule has 2 fully saturated rings. The molecule has 0 spiro atoms. The van der Waals surface area contributed by atoms with E-state index in [2.05, 4.69) is 6.92 Å². The molecule has 5 heteroatoms. The third kappa shape index (κ3) is 3.13. The zero-order valence-electron chi connectivity index (χ0n) is 12.6. The zero-order valence-corrected chi connectivity index (χ0v) is 12.6. The van der Waals surface area contributed by atoms with E-state index in [-0.39, 0.29) is 17.7 Å². The molecule has 2 nitrogen and oxygen atoms in total. The Hall–Kier alpha value is -1.52. The average molecular weight is 311 g/mol. The van der Waals surface area contributed by atoms with Crippen molar-refractivity contribution in [2.75, 3.05) is 13.1 Å². The number of nitrogens with zero attached hydrogens (tertiary/aromatic N) is 1. The van der Waals surface area contributed by atoms with Crippen molar-refractivity contribution in [3.8, 4) is 0 Å². The fourth-order valence-electron chi connectivity index (χ4n) is 3.22. The van der Waals surface area contributed by atoms with Crippen molar-refractivity contribution in [3.05, 3.63) is 35.4 Å². The van der Waals surface area contributed by atoms with Crippen molar-refractivity contribution in [1.82, 2.24) is 4.90 Å². The van der Waals surface area contributed by atoms with Gasteiger partial charge >= 0.3 is 6.18 Å². The SMILES string of the molecule is CC1CCN(C(=O)C2CC2c2ccc(C(F)(F)F)cc2)CC1. The molecule has 1 amide bonds. The second kappa shape index (κ2) is 5.60. The second-order valence-corrected chi connectivity index (χ2v) is 6.58. The van der Waals surface area contributed by atoms with Gasteiger partial charge in [-0.25, -0.2) is 0 Å². The quantitative estimate of drug-likeness (QED) is 0.806. The molecule has 0 aromatic heterocycles. The molecule has 120 valence electrons. The lowest BCUT2D eigenvalue weighted by molar-refractivity contribution is -0.137. The molecule has 1 saturated carbocycles. The maximum absolute atomic E-state index is 12.6. The lowest BCUT2D eigenvalue weighted by Crippen LogP contribution is -2.39. The van der Waals surface area contributed by atoms with Gasteiger partial charge in [0.05, 0.1) is 5.56 Å². The van der Waals surface area contributed by atoms with Gasteiger partial charge in [0.25, 0.3) is 0 Å². The summed E-state index contributed by atoms with van der Waals surface area (Å²) in [5, 5.41) is 0. The maximum atomic E-state index is 12.6. The van der Waals surface area contributed by atoms with Crippen LogP contribution in [0, 0.1) is 11.8 Å². The number of hydrogen-bond acceptors (Lipinski definition) is 1. The first kappa shape index (κ1) is 15.4. The van der Waals surface area contributed by atoms with Crippen LogP contribution in [0.5, 0.6) is 0 Å². The number of likely N-dealkylation sites (tertiary alicyclic amines) is 1. The summed E-state index contributed by atoms with van der Waals surface area (Å²) in [7, 11) is 0. The number of benzene rings is 1. The summed E-state index contributed by atoms with van der Waals surface area (Å²) in [4.78, 5) is 14.3. The number of carbonyl (C=O) groups is 1. The summed E-state index contributed by atoms with van der Waals surface area (Å²) < 4.78 is 37.7. The molecule has 3 rings (SSSR count). The molecule has 22 heavy (non-hydrogen) atoms. The smallest absolute Gasteiger partial charge is 0.342 e. The van der Waals surface area contributed by atoms with Crippen LogP contribution in [0.15, 0.2) is 24.3 Å². The van der Waals surface area contributed by atoms with E-state index in [4.69, 9.17) is 0 Å². The monoisotopic (exact) mass is 311 g/mol. The summed E-state index contributed by atoms with van der Waals surface area (Å²) in [6, 6.07) is 5.24. The van der Waals surface area contributed by atoms with Crippen molar-refractivity contribution in [2.45, 2.75) is 38.3 Å². The Bertz CT molecular complexity index is 544. The van der Waals surface area contributed by atoms with Gasteiger partial charge in [0.15, 0.2) is 0 Å². The van der Waals surface area contributed by atoms with Crippen LogP contribution in [0.2, 0.25) is 0 Å². The van der Waals surface area contributed by atoms with E-state index in [1.807, 2.05) is 4.90 Å². The van der Waals surface area contributed by atoms with Gasteiger partial charge in [-0.2, -0.15) is 13.2 Å². The summed E-state index contributed by atoms with van der Waals surface area (Å²) in [5.74, 6) is 0.907. The van der Waals surface area contributed by atoms with Gasteiger partial charge in [0.2, 0.25) is 5.91 Å². The van der Waals surface area contributed by atoms with Crippen molar-refractivity contribution in [1.29, 1.82) is 0 Å². The van der Waals surface area contributed by atoms with E-state index in [1.54, 1.807) is 0 Å². The van der Waals surface area contributed by atoms with Crippen LogP contribution in [0.3, 0.4) is 0 Å². The lowest BCUT2D eigenvalue weighted by Gasteiger charge is -2.30. The van der Waals surface area contributed by atoms with Crippen molar-refractivity contribution in [2.24, 2.45) is 11.8 Å². The standard InChI is InChI=1S/C17H20F3NO/c1-11-6-8-21(9-7-11)16(22)15-10-14(15)12-2-4-13(5-3-12)17(18,19)20/h2-5,11,14-15H,6-10H2,1H3. The van der Waals surface area contributed by atoms with Crippen LogP contribution in [0.4, 0.5) is 13.2 Å². The van der Waals surface area contributed by atoms with Crippen molar-refractivity contribution < 1.29 is 18.0 Å². The van der Waals surface area contributed by atoms with Crippen LogP contribution >= 0.6 is 0 Å². The highest BCUT2D eigenvalue weighted by Crippen LogP contribution is 2.49. The normalized spacial score (nSPS) is 26.1.